The summed E-state index contributed by atoms with van der Waals surface area (Å²) < 4.78 is 0. The Morgan fingerprint density at radius 3 is 2.35 bits per heavy atom. The largest absolute Gasteiger partial charge is 0.312 e. The Morgan fingerprint density at radius 1 is 1.05 bits per heavy atom. The van der Waals surface area contributed by atoms with Crippen molar-refractivity contribution >= 4 is 23.4 Å². The van der Waals surface area contributed by atoms with Crippen molar-refractivity contribution in [2.75, 3.05) is 7.05 Å². The van der Waals surface area contributed by atoms with E-state index in [1.807, 2.05) is 37.0 Å². The number of halogens is 1. The molecule has 1 nitrogen and oxygen atoms in total. The molecule has 0 heterocycles. The maximum absolute atomic E-state index is 6.21. The third-order valence-corrected chi connectivity index (χ3v) is 5.04. The van der Waals surface area contributed by atoms with Gasteiger partial charge in [0.1, 0.15) is 0 Å². The lowest BCUT2D eigenvalue weighted by Gasteiger charge is -2.24. The molecule has 2 unspecified atom stereocenters. The van der Waals surface area contributed by atoms with E-state index >= 15 is 0 Å². The Labute approximate surface area is 130 Å². The van der Waals surface area contributed by atoms with E-state index in [1.165, 1.54) is 11.1 Å². The second kappa shape index (κ2) is 7.72. The first-order valence-electron chi connectivity index (χ1n) is 6.79. The van der Waals surface area contributed by atoms with E-state index in [4.69, 9.17) is 11.6 Å². The molecule has 3 heteroatoms. The number of hydrogen-bond donors (Lipinski definition) is 1. The number of thioether (sulfide) groups is 1. The van der Waals surface area contributed by atoms with Crippen LogP contribution in [-0.4, -0.2) is 12.3 Å². The summed E-state index contributed by atoms with van der Waals surface area (Å²) in [6.45, 7) is 2.26. The summed E-state index contributed by atoms with van der Waals surface area (Å²) in [5, 5.41) is 4.74. The molecule has 0 amide bonds. The molecule has 0 fully saturated rings. The van der Waals surface area contributed by atoms with Gasteiger partial charge in [0.05, 0.1) is 0 Å². The minimum absolute atomic E-state index is 0.351. The van der Waals surface area contributed by atoms with Crippen molar-refractivity contribution in [1.82, 2.24) is 5.32 Å². The Hall–Kier alpha value is -0.960. The van der Waals surface area contributed by atoms with E-state index in [9.17, 15) is 0 Å². The van der Waals surface area contributed by atoms with Crippen LogP contribution in [0.5, 0.6) is 0 Å². The van der Waals surface area contributed by atoms with Gasteiger partial charge in [0.15, 0.2) is 0 Å². The Bertz CT molecular complexity index is 530. The number of nitrogens with one attached hydrogen (secondary N) is 1. The van der Waals surface area contributed by atoms with Crippen LogP contribution in [0.3, 0.4) is 0 Å². The van der Waals surface area contributed by atoms with Gasteiger partial charge in [-0.05, 0) is 24.2 Å². The zero-order valence-corrected chi connectivity index (χ0v) is 13.4. The lowest BCUT2D eigenvalue weighted by Crippen LogP contribution is -2.25. The van der Waals surface area contributed by atoms with Gasteiger partial charge in [-0.3, -0.25) is 0 Å². The maximum Gasteiger partial charge on any atom is 0.0446 e. The summed E-state index contributed by atoms with van der Waals surface area (Å²) in [7, 11) is 2.02. The molecule has 2 atom stereocenters. The van der Waals surface area contributed by atoms with Gasteiger partial charge in [0.2, 0.25) is 0 Å². The Morgan fingerprint density at radius 2 is 1.70 bits per heavy atom. The molecule has 2 rings (SSSR count). The van der Waals surface area contributed by atoms with Gasteiger partial charge in [0, 0.05) is 22.1 Å². The third kappa shape index (κ3) is 4.02. The molecule has 0 aliphatic heterocycles. The summed E-state index contributed by atoms with van der Waals surface area (Å²) in [5.74, 6) is 0.936. The molecule has 0 saturated carbocycles. The molecule has 0 aliphatic carbocycles. The van der Waals surface area contributed by atoms with Crippen molar-refractivity contribution < 1.29 is 0 Å². The van der Waals surface area contributed by atoms with Crippen molar-refractivity contribution in [2.24, 2.45) is 0 Å². The summed E-state index contributed by atoms with van der Waals surface area (Å²) in [6.07, 6.45) is 0. The number of benzene rings is 2. The van der Waals surface area contributed by atoms with E-state index in [0.717, 1.165) is 10.8 Å². The van der Waals surface area contributed by atoms with Crippen LogP contribution < -0.4 is 5.32 Å². The van der Waals surface area contributed by atoms with Crippen LogP contribution in [0.15, 0.2) is 54.6 Å². The van der Waals surface area contributed by atoms with Gasteiger partial charge in [0.25, 0.3) is 0 Å². The molecule has 2 aromatic carbocycles. The van der Waals surface area contributed by atoms with Crippen LogP contribution in [0.1, 0.15) is 24.1 Å². The fourth-order valence-electron chi connectivity index (χ4n) is 2.27. The first kappa shape index (κ1) is 15.4. The van der Waals surface area contributed by atoms with E-state index in [1.54, 1.807) is 0 Å². The van der Waals surface area contributed by atoms with Crippen LogP contribution in [0.2, 0.25) is 5.02 Å². The first-order chi connectivity index (χ1) is 9.72. The molecule has 0 aliphatic rings. The molecule has 2 aromatic rings. The van der Waals surface area contributed by atoms with Gasteiger partial charge in [-0.1, -0.05) is 67.1 Å². The van der Waals surface area contributed by atoms with E-state index in [2.05, 4.69) is 48.6 Å². The van der Waals surface area contributed by atoms with Gasteiger partial charge >= 0.3 is 0 Å². The highest BCUT2D eigenvalue weighted by Gasteiger charge is 2.17. The van der Waals surface area contributed by atoms with Gasteiger partial charge < -0.3 is 5.32 Å². The minimum atomic E-state index is 0.351. The molecule has 106 valence electrons. The van der Waals surface area contributed by atoms with Crippen LogP contribution >= 0.6 is 23.4 Å². The first-order valence-corrected chi connectivity index (χ1v) is 8.22. The lowest BCUT2D eigenvalue weighted by molar-refractivity contribution is 0.589. The number of hydrogen-bond acceptors (Lipinski definition) is 2. The molecule has 0 spiro atoms. The highest BCUT2D eigenvalue weighted by molar-refractivity contribution is 7.99. The summed E-state index contributed by atoms with van der Waals surface area (Å²) in [5.41, 5.74) is 2.53. The zero-order chi connectivity index (χ0) is 14.4. The molecule has 1 N–H and O–H groups in total. The highest BCUT2D eigenvalue weighted by atomic mass is 35.5. The van der Waals surface area contributed by atoms with Crippen molar-refractivity contribution in [3.63, 3.8) is 0 Å². The number of rotatable bonds is 6. The molecule has 0 saturated heterocycles. The van der Waals surface area contributed by atoms with Crippen molar-refractivity contribution in [1.29, 1.82) is 0 Å². The average Bonchev–Trinajstić information content (AvgIpc) is 2.48. The Balaban J connectivity index is 2.00. The summed E-state index contributed by atoms with van der Waals surface area (Å²) in [4.78, 5) is 0. The molecule has 0 bridgehead atoms. The minimum Gasteiger partial charge on any atom is -0.312 e. The fourth-order valence-corrected chi connectivity index (χ4v) is 3.73. The van der Waals surface area contributed by atoms with Crippen molar-refractivity contribution in [2.45, 2.75) is 24.0 Å². The van der Waals surface area contributed by atoms with Gasteiger partial charge in [-0.25, -0.2) is 0 Å². The standard InChI is InChI=1S/C17H20ClNS/c1-13(17(19-2)14-8-4-3-5-9-14)20-12-15-10-6-7-11-16(15)18/h3-11,13,17,19H,12H2,1-2H3. The second-order valence-electron chi connectivity index (χ2n) is 4.78. The van der Waals surface area contributed by atoms with Crippen LogP contribution in [0, 0.1) is 0 Å². The van der Waals surface area contributed by atoms with E-state index in [-0.39, 0.29) is 0 Å². The summed E-state index contributed by atoms with van der Waals surface area (Å²) >= 11 is 8.13. The van der Waals surface area contributed by atoms with Crippen molar-refractivity contribution in [3.05, 3.63) is 70.7 Å². The van der Waals surface area contributed by atoms with E-state index in [0.29, 0.717) is 11.3 Å². The Kier molecular flexibility index (Phi) is 5.96. The molecule has 0 aromatic heterocycles. The van der Waals surface area contributed by atoms with Crippen LogP contribution in [0.25, 0.3) is 0 Å². The monoisotopic (exact) mass is 305 g/mol. The quantitative estimate of drug-likeness (QED) is 0.812. The second-order valence-corrected chi connectivity index (χ2v) is 6.56. The molecular formula is C17H20ClNS. The SMILES string of the molecule is CNC(c1ccccc1)C(C)SCc1ccccc1Cl. The molecule has 20 heavy (non-hydrogen) atoms. The fraction of sp³-hybridized carbons (Fsp3) is 0.294. The molecule has 0 radical (unpaired) electrons. The highest BCUT2D eigenvalue weighted by Crippen LogP contribution is 2.30. The van der Waals surface area contributed by atoms with Gasteiger partial charge in [-0.15, -0.1) is 0 Å². The van der Waals surface area contributed by atoms with Crippen LogP contribution in [0.4, 0.5) is 0 Å². The third-order valence-electron chi connectivity index (χ3n) is 3.40. The van der Waals surface area contributed by atoms with Crippen molar-refractivity contribution in [3.8, 4) is 0 Å². The topological polar surface area (TPSA) is 12.0 Å². The summed E-state index contributed by atoms with van der Waals surface area (Å²) in [6, 6.07) is 19.0. The maximum atomic E-state index is 6.21. The predicted octanol–water partition coefficient (Wildman–Crippen LogP) is 4.92. The zero-order valence-electron chi connectivity index (χ0n) is 11.8. The van der Waals surface area contributed by atoms with Gasteiger partial charge in [-0.2, -0.15) is 11.8 Å². The molecular weight excluding hydrogens is 286 g/mol. The van der Waals surface area contributed by atoms with E-state index < -0.39 is 0 Å². The lowest BCUT2D eigenvalue weighted by atomic mass is 10.0. The smallest absolute Gasteiger partial charge is 0.0446 e. The normalized spacial score (nSPS) is 13.9. The predicted molar refractivity (Wildman–Crippen MR) is 90.5 cm³/mol. The van der Waals surface area contributed by atoms with Crippen LogP contribution in [-0.2, 0) is 5.75 Å². The average molecular weight is 306 g/mol.